The number of nitrogens with zero attached hydrogens (tertiary/aromatic N) is 2. The molecule has 18 heavy (non-hydrogen) atoms. The number of benzene rings is 1. The lowest BCUT2D eigenvalue weighted by molar-refractivity contribution is 0.190. The summed E-state index contributed by atoms with van der Waals surface area (Å²) in [6, 6.07) is 5.82. The number of rotatable bonds is 4. The molecule has 1 aromatic heterocycles. The summed E-state index contributed by atoms with van der Waals surface area (Å²) < 4.78 is 7.48. The van der Waals surface area contributed by atoms with Crippen LogP contribution in [0.1, 0.15) is 29.7 Å². The average molecular weight is 246 g/mol. The van der Waals surface area contributed by atoms with Crippen LogP contribution in [-0.2, 0) is 13.7 Å². The molecule has 0 fully saturated rings. The van der Waals surface area contributed by atoms with Gasteiger partial charge in [0, 0.05) is 24.4 Å². The molecule has 0 aliphatic heterocycles. The lowest BCUT2D eigenvalue weighted by Gasteiger charge is -2.13. The molecule has 0 spiro atoms. The Hall–Kier alpha value is -1.81. The van der Waals surface area contributed by atoms with Gasteiger partial charge in [-0.3, -0.25) is 4.68 Å². The highest BCUT2D eigenvalue weighted by Gasteiger charge is 2.09. The first-order valence-corrected chi connectivity index (χ1v) is 5.95. The molecule has 0 aliphatic carbocycles. The molecule has 0 aliphatic rings. The van der Waals surface area contributed by atoms with Crippen LogP contribution in [-0.4, -0.2) is 14.9 Å². The number of ether oxygens (including phenoxy) is 1. The van der Waals surface area contributed by atoms with Gasteiger partial charge in [-0.2, -0.15) is 5.10 Å². The average Bonchev–Trinajstić information content (AvgIpc) is 2.73. The van der Waals surface area contributed by atoms with Crippen molar-refractivity contribution in [1.29, 1.82) is 0 Å². The first-order valence-electron chi connectivity index (χ1n) is 5.95. The fraction of sp³-hybridized carbons (Fsp3) is 0.357. The summed E-state index contributed by atoms with van der Waals surface area (Å²) in [5.74, 6) is 0.722. The summed E-state index contributed by atoms with van der Waals surface area (Å²) in [4.78, 5) is 0. The molecule has 0 bridgehead atoms. The standard InChI is InChI=1S/C14H18N2O2/c1-10-4-5-14(13(6-10)11(2)17)18-9-12-7-15-16(3)8-12/h4-8,11,17H,9H2,1-3H3/t11-/m1/s1. The first-order chi connectivity index (χ1) is 8.56. The van der Waals surface area contributed by atoms with E-state index in [1.54, 1.807) is 17.8 Å². The maximum atomic E-state index is 9.73. The number of aromatic nitrogens is 2. The molecular formula is C14H18N2O2. The van der Waals surface area contributed by atoms with Gasteiger partial charge in [-0.05, 0) is 26.0 Å². The second kappa shape index (κ2) is 5.23. The lowest BCUT2D eigenvalue weighted by atomic mass is 10.1. The van der Waals surface area contributed by atoms with Crippen molar-refractivity contribution in [3.63, 3.8) is 0 Å². The van der Waals surface area contributed by atoms with Crippen LogP contribution in [0.15, 0.2) is 30.6 Å². The zero-order valence-electron chi connectivity index (χ0n) is 10.9. The van der Waals surface area contributed by atoms with Crippen molar-refractivity contribution >= 4 is 0 Å². The number of aliphatic hydroxyl groups excluding tert-OH is 1. The number of aliphatic hydroxyl groups is 1. The fourth-order valence-corrected chi connectivity index (χ4v) is 1.83. The van der Waals surface area contributed by atoms with Crippen LogP contribution in [0.25, 0.3) is 0 Å². The summed E-state index contributed by atoms with van der Waals surface area (Å²) in [6.07, 6.45) is 3.15. The molecule has 1 aromatic carbocycles. The molecule has 4 heteroatoms. The van der Waals surface area contributed by atoms with E-state index in [1.165, 1.54) is 0 Å². The zero-order chi connectivity index (χ0) is 13.1. The normalized spacial score (nSPS) is 12.4. The van der Waals surface area contributed by atoms with Crippen LogP contribution < -0.4 is 4.74 Å². The number of aryl methyl sites for hydroxylation is 2. The topological polar surface area (TPSA) is 47.3 Å². The van der Waals surface area contributed by atoms with Crippen LogP contribution in [0, 0.1) is 6.92 Å². The summed E-state index contributed by atoms with van der Waals surface area (Å²) in [6.45, 7) is 4.19. The molecule has 0 saturated heterocycles. The zero-order valence-corrected chi connectivity index (χ0v) is 10.9. The van der Waals surface area contributed by atoms with Gasteiger partial charge in [-0.25, -0.2) is 0 Å². The Labute approximate surface area is 107 Å². The van der Waals surface area contributed by atoms with Gasteiger partial charge in [-0.1, -0.05) is 11.6 Å². The minimum absolute atomic E-state index is 0.455. The molecule has 2 rings (SSSR count). The second-order valence-corrected chi connectivity index (χ2v) is 4.53. The SMILES string of the molecule is Cc1ccc(OCc2cnn(C)c2)c([C@@H](C)O)c1. The maximum absolute atomic E-state index is 9.73. The van der Waals surface area contributed by atoms with Crippen molar-refractivity contribution in [1.82, 2.24) is 9.78 Å². The van der Waals surface area contributed by atoms with Crippen molar-refractivity contribution in [3.8, 4) is 5.75 Å². The third kappa shape index (κ3) is 2.90. The Morgan fingerprint density at radius 3 is 2.83 bits per heavy atom. The van der Waals surface area contributed by atoms with Crippen molar-refractivity contribution in [2.45, 2.75) is 26.6 Å². The summed E-state index contributed by atoms with van der Waals surface area (Å²) in [5, 5.41) is 13.8. The fourth-order valence-electron chi connectivity index (χ4n) is 1.83. The minimum Gasteiger partial charge on any atom is -0.488 e. The Balaban J connectivity index is 2.13. The third-order valence-corrected chi connectivity index (χ3v) is 2.77. The Kier molecular flexibility index (Phi) is 3.67. The van der Waals surface area contributed by atoms with Crippen LogP contribution in [0.2, 0.25) is 0 Å². The van der Waals surface area contributed by atoms with Gasteiger partial charge in [0.25, 0.3) is 0 Å². The van der Waals surface area contributed by atoms with E-state index in [4.69, 9.17) is 4.74 Å². The monoisotopic (exact) mass is 246 g/mol. The van der Waals surface area contributed by atoms with E-state index >= 15 is 0 Å². The Morgan fingerprint density at radius 2 is 2.22 bits per heavy atom. The molecule has 0 unspecified atom stereocenters. The molecule has 0 saturated carbocycles. The smallest absolute Gasteiger partial charge is 0.125 e. The van der Waals surface area contributed by atoms with Crippen LogP contribution in [0.5, 0.6) is 5.75 Å². The summed E-state index contributed by atoms with van der Waals surface area (Å²) >= 11 is 0. The van der Waals surface area contributed by atoms with Crippen molar-refractivity contribution in [3.05, 3.63) is 47.3 Å². The van der Waals surface area contributed by atoms with E-state index in [0.717, 1.165) is 22.4 Å². The van der Waals surface area contributed by atoms with Crippen LogP contribution >= 0.6 is 0 Å². The summed E-state index contributed by atoms with van der Waals surface area (Å²) in [5.41, 5.74) is 2.94. The Bertz CT molecular complexity index is 532. The molecular weight excluding hydrogens is 228 g/mol. The van der Waals surface area contributed by atoms with E-state index in [1.807, 2.05) is 38.4 Å². The van der Waals surface area contributed by atoms with Gasteiger partial charge in [-0.15, -0.1) is 0 Å². The minimum atomic E-state index is -0.534. The molecule has 1 N–H and O–H groups in total. The molecule has 96 valence electrons. The van der Waals surface area contributed by atoms with Crippen molar-refractivity contribution in [2.75, 3.05) is 0 Å². The van der Waals surface area contributed by atoms with Gasteiger partial charge >= 0.3 is 0 Å². The second-order valence-electron chi connectivity index (χ2n) is 4.53. The quantitative estimate of drug-likeness (QED) is 0.900. The molecule has 2 aromatic rings. The summed E-state index contributed by atoms with van der Waals surface area (Å²) in [7, 11) is 1.87. The largest absolute Gasteiger partial charge is 0.488 e. The lowest BCUT2D eigenvalue weighted by Crippen LogP contribution is -2.01. The van der Waals surface area contributed by atoms with Crippen LogP contribution in [0.3, 0.4) is 0 Å². The van der Waals surface area contributed by atoms with E-state index in [-0.39, 0.29) is 0 Å². The van der Waals surface area contributed by atoms with E-state index in [9.17, 15) is 5.11 Å². The third-order valence-electron chi connectivity index (χ3n) is 2.77. The predicted molar refractivity (Wildman–Crippen MR) is 69.4 cm³/mol. The van der Waals surface area contributed by atoms with Crippen molar-refractivity contribution < 1.29 is 9.84 Å². The molecule has 4 nitrogen and oxygen atoms in total. The van der Waals surface area contributed by atoms with Crippen molar-refractivity contribution in [2.24, 2.45) is 7.05 Å². The highest BCUT2D eigenvalue weighted by Crippen LogP contribution is 2.26. The molecule has 0 radical (unpaired) electrons. The molecule has 1 atom stereocenters. The molecule has 0 amide bonds. The van der Waals surface area contributed by atoms with Gasteiger partial charge in [0.05, 0.1) is 12.3 Å². The van der Waals surface area contributed by atoms with E-state index in [0.29, 0.717) is 6.61 Å². The van der Waals surface area contributed by atoms with Crippen LogP contribution in [0.4, 0.5) is 0 Å². The highest BCUT2D eigenvalue weighted by atomic mass is 16.5. The van der Waals surface area contributed by atoms with E-state index in [2.05, 4.69) is 5.10 Å². The Morgan fingerprint density at radius 1 is 1.44 bits per heavy atom. The van der Waals surface area contributed by atoms with Gasteiger partial charge in [0.15, 0.2) is 0 Å². The number of hydrogen-bond donors (Lipinski definition) is 1. The van der Waals surface area contributed by atoms with Gasteiger partial charge < -0.3 is 9.84 Å². The van der Waals surface area contributed by atoms with E-state index < -0.39 is 6.10 Å². The first kappa shape index (κ1) is 12.6. The molecule has 1 heterocycles. The number of hydrogen-bond acceptors (Lipinski definition) is 3. The predicted octanol–water partition coefficient (Wildman–Crippen LogP) is 2.36. The van der Waals surface area contributed by atoms with Gasteiger partial charge in [0.1, 0.15) is 12.4 Å². The highest BCUT2D eigenvalue weighted by molar-refractivity contribution is 5.38. The van der Waals surface area contributed by atoms with Gasteiger partial charge in [0.2, 0.25) is 0 Å². The maximum Gasteiger partial charge on any atom is 0.125 e.